The maximum absolute atomic E-state index is 13.4. The molecule has 102 valence electrons. The summed E-state index contributed by atoms with van der Waals surface area (Å²) in [6, 6.07) is 9.92. The fourth-order valence-electron chi connectivity index (χ4n) is 2.37. The van der Waals surface area contributed by atoms with E-state index in [4.69, 9.17) is 4.74 Å². The van der Waals surface area contributed by atoms with Gasteiger partial charge in [0.25, 0.3) is 0 Å². The minimum Gasteiger partial charge on any atom is -0.484 e. The van der Waals surface area contributed by atoms with Crippen molar-refractivity contribution >= 4 is 21.7 Å². The van der Waals surface area contributed by atoms with E-state index in [1.807, 2.05) is 19.1 Å². The summed E-state index contributed by atoms with van der Waals surface area (Å²) in [6.45, 7) is 1.93. The summed E-state index contributed by atoms with van der Waals surface area (Å²) in [5.41, 5.74) is 2.28. The summed E-state index contributed by atoms with van der Waals surface area (Å²) in [6.07, 6.45) is -0.235. The highest BCUT2D eigenvalue weighted by Crippen LogP contribution is 2.37. The number of fused-ring (bicyclic) bond motifs is 1. The predicted molar refractivity (Wildman–Crippen MR) is 77.6 cm³/mol. The summed E-state index contributed by atoms with van der Waals surface area (Å²) in [5, 5.41) is 0. The molecule has 1 atom stereocenters. The molecule has 0 radical (unpaired) electrons. The molecule has 4 heteroatoms. The van der Waals surface area contributed by atoms with Gasteiger partial charge >= 0.3 is 0 Å². The van der Waals surface area contributed by atoms with E-state index in [0.717, 1.165) is 10.0 Å². The highest BCUT2D eigenvalue weighted by molar-refractivity contribution is 9.10. The number of carbonyl (C=O) groups is 1. The van der Waals surface area contributed by atoms with Crippen molar-refractivity contribution in [3.63, 3.8) is 0 Å². The lowest BCUT2D eigenvalue weighted by Crippen LogP contribution is -2.21. The number of ether oxygens (including phenoxy) is 1. The maximum Gasteiger partial charge on any atom is 0.170 e. The number of aryl methyl sites for hydroxylation is 1. The van der Waals surface area contributed by atoms with E-state index >= 15 is 0 Å². The number of Topliss-reactive ketones (excluding diaryl/α,β-unsaturated/α-hetero) is 1. The molecule has 2 nitrogen and oxygen atoms in total. The molecule has 2 aromatic carbocycles. The summed E-state index contributed by atoms with van der Waals surface area (Å²) in [4.78, 5) is 12.2. The van der Waals surface area contributed by atoms with E-state index in [9.17, 15) is 9.18 Å². The van der Waals surface area contributed by atoms with E-state index in [1.54, 1.807) is 12.1 Å². The molecule has 0 aromatic heterocycles. The summed E-state index contributed by atoms with van der Waals surface area (Å²) in [7, 11) is 0. The van der Waals surface area contributed by atoms with Crippen molar-refractivity contribution in [1.82, 2.24) is 0 Å². The summed E-state index contributed by atoms with van der Waals surface area (Å²) >= 11 is 3.38. The zero-order valence-corrected chi connectivity index (χ0v) is 12.4. The van der Waals surface area contributed by atoms with Gasteiger partial charge in [0, 0.05) is 10.0 Å². The Morgan fingerprint density at radius 1 is 1.25 bits per heavy atom. The Hall–Kier alpha value is -1.68. The normalized spacial score (nSPS) is 17.6. The monoisotopic (exact) mass is 334 g/mol. The Morgan fingerprint density at radius 2 is 2.05 bits per heavy atom. The van der Waals surface area contributed by atoms with Gasteiger partial charge in [-0.1, -0.05) is 27.6 Å². The lowest BCUT2D eigenvalue weighted by molar-refractivity contribution is 0.0848. The van der Waals surface area contributed by atoms with Gasteiger partial charge in [0.05, 0.1) is 12.0 Å². The average molecular weight is 335 g/mol. The SMILES string of the molecule is Cc1ccc2c(c1)C(=O)CC(c1cc(F)ccc1Br)O2. The van der Waals surface area contributed by atoms with Crippen molar-refractivity contribution < 1.29 is 13.9 Å². The maximum atomic E-state index is 13.4. The topological polar surface area (TPSA) is 26.3 Å². The van der Waals surface area contributed by atoms with Crippen LogP contribution in [0.25, 0.3) is 0 Å². The molecule has 20 heavy (non-hydrogen) atoms. The van der Waals surface area contributed by atoms with Crippen LogP contribution >= 0.6 is 15.9 Å². The van der Waals surface area contributed by atoms with Gasteiger partial charge in [-0.2, -0.15) is 0 Å². The van der Waals surface area contributed by atoms with Gasteiger partial charge in [-0.05, 0) is 37.3 Å². The first-order valence-corrected chi connectivity index (χ1v) is 7.09. The molecule has 0 amide bonds. The van der Waals surface area contributed by atoms with Crippen molar-refractivity contribution in [2.45, 2.75) is 19.4 Å². The first-order chi connectivity index (χ1) is 9.54. The lowest BCUT2D eigenvalue weighted by Gasteiger charge is -2.26. The zero-order valence-electron chi connectivity index (χ0n) is 10.8. The summed E-state index contributed by atoms with van der Waals surface area (Å²) in [5.74, 6) is 0.248. The average Bonchev–Trinajstić information content (AvgIpc) is 2.42. The smallest absolute Gasteiger partial charge is 0.170 e. The zero-order chi connectivity index (χ0) is 14.3. The first kappa shape index (κ1) is 13.3. The van der Waals surface area contributed by atoms with Crippen LogP contribution in [0.3, 0.4) is 0 Å². The highest BCUT2D eigenvalue weighted by atomic mass is 79.9. The van der Waals surface area contributed by atoms with Crippen molar-refractivity contribution in [2.24, 2.45) is 0 Å². The van der Waals surface area contributed by atoms with Crippen LogP contribution in [0.4, 0.5) is 4.39 Å². The molecule has 0 aliphatic carbocycles. The molecule has 1 unspecified atom stereocenters. The molecule has 1 aliphatic rings. The number of hydrogen-bond donors (Lipinski definition) is 0. The minimum atomic E-state index is -0.456. The van der Waals surface area contributed by atoms with Gasteiger partial charge < -0.3 is 4.74 Å². The second-order valence-electron chi connectivity index (χ2n) is 4.90. The Morgan fingerprint density at radius 3 is 2.85 bits per heavy atom. The largest absolute Gasteiger partial charge is 0.484 e. The minimum absolute atomic E-state index is 0.0242. The molecular formula is C16H12BrFO2. The molecule has 1 heterocycles. The molecule has 0 bridgehead atoms. The molecule has 1 aliphatic heterocycles. The van der Waals surface area contributed by atoms with Crippen molar-refractivity contribution in [3.05, 3.63) is 63.4 Å². The Kier molecular flexibility index (Phi) is 3.34. The quantitative estimate of drug-likeness (QED) is 0.761. The molecule has 2 aromatic rings. The van der Waals surface area contributed by atoms with Crippen LogP contribution in [-0.4, -0.2) is 5.78 Å². The van der Waals surface area contributed by atoms with E-state index in [-0.39, 0.29) is 18.0 Å². The van der Waals surface area contributed by atoms with Crippen LogP contribution in [0.1, 0.15) is 34.0 Å². The summed E-state index contributed by atoms with van der Waals surface area (Å²) < 4.78 is 20.0. The van der Waals surface area contributed by atoms with E-state index < -0.39 is 6.10 Å². The van der Waals surface area contributed by atoms with Crippen LogP contribution in [-0.2, 0) is 0 Å². The van der Waals surface area contributed by atoms with E-state index in [2.05, 4.69) is 15.9 Å². The first-order valence-electron chi connectivity index (χ1n) is 6.30. The van der Waals surface area contributed by atoms with Gasteiger partial charge in [0.15, 0.2) is 5.78 Å². The van der Waals surface area contributed by atoms with Gasteiger partial charge in [0.2, 0.25) is 0 Å². The number of carbonyl (C=O) groups excluding carboxylic acids is 1. The number of halogens is 2. The van der Waals surface area contributed by atoms with Crippen LogP contribution in [0.15, 0.2) is 40.9 Å². The van der Waals surface area contributed by atoms with Gasteiger partial charge in [-0.15, -0.1) is 0 Å². The number of ketones is 1. The van der Waals surface area contributed by atoms with Crippen molar-refractivity contribution in [1.29, 1.82) is 0 Å². The molecule has 0 fully saturated rings. The molecule has 0 spiro atoms. The second-order valence-corrected chi connectivity index (χ2v) is 5.75. The van der Waals surface area contributed by atoms with Crippen LogP contribution in [0, 0.1) is 12.7 Å². The van der Waals surface area contributed by atoms with Gasteiger partial charge in [-0.3, -0.25) is 4.79 Å². The Balaban J connectivity index is 2.01. The van der Waals surface area contributed by atoms with Crippen molar-refractivity contribution in [2.75, 3.05) is 0 Å². The van der Waals surface area contributed by atoms with Crippen LogP contribution < -0.4 is 4.74 Å². The Labute approximate surface area is 124 Å². The third-order valence-electron chi connectivity index (χ3n) is 3.38. The lowest BCUT2D eigenvalue weighted by atomic mass is 9.95. The third-order valence-corrected chi connectivity index (χ3v) is 4.10. The van der Waals surface area contributed by atoms with Gasteiger partial charge in [-0.25, -0.2) is 4.39 Å². The van der Waals surface area contributed by atoms with Crippen LogP contribution in [0.5, 0.6) is 5.75 Å². The molecule has 3 rings (SSSR count). The Bertz CT molecular complexity index is 697. The fraction of sp³-hybridized carbons (Fsp3) is 0.188. The van der Waals surface area contributed by atoms with Gasteiger partial charge in [0.1, 0.15) is 17.7 Å². The van der Waals surface area contributed by atoms with Crippen LogP contribution in [0.2, 0.25) is 0 Å². The van der Waals surface area contributed by atoms with E-state index in [0.29, 0.717) is 16.9 Å². The standard InChI is InChI=1S/C16H12BrFO2/c1-9-2-5-15-12(6-9)14(19)8-16(20-15)11-7-10(18)3-4-13(11)17/h2-7,16H,8H2,1H3. The molecule has 0 N–H and O–H groups in total. The highest BCUT2D eigenvalue weighted by Gasteiger charge is 2.29. The van der Waals surface area contributed by atoms with E-state index in [1.165, 1.54) is 12.1 Å². The number of hydrogen-bond acceptors (Lipinski definition) is 2. The number of rotatable bonds is 1. The third kappa shape index (κ3) is 2.36. The molecule has 0 saturated carbocycles. The molecule has 0 saturated heterocycles. The van der Waals surface area contributed by atoms with Crippen molar-refractivity contribution in [3.8, 4) is 5.75 Å². The number of benzene rings is 2. The second kappa shape index (κ2) is 5.02. The predicted octanol–water partition coefficient (Wildman–Crippen LogP) is 4.60. The molecular weight excluding hydrogens is 323 g/mol. The fourth-order valence-corrected chi connectivity index (χ4v) is 2.87.